The van der Waals surface area contributed by atoms with E-state index in [4.69, 9.17) is 4.74 Å². The van der Waals surface area contributed by atoms with Gasteiger partial charge >= 0.3 is 0 Å². The van der Waals surface area contributed by atoms with Crippen LogP contribution in [0.4, 0.5) is 0 Å². The predicted octanol–water partition coefficient (Wildman–Crippen LogP) is 8.42. The molecule has 5 aromatic rings. The molecule has 5 rings (SSSR count). The Hall–Kier alpha value is -2.70. The van der Waals surface area contributed by atoms with E-state index in [9.17, 15) is 5.11 Å². The van der Waals surface area contributed by atoms with Crippen LogP contribution < -0.4 is 4.74 Å². The van der Waals surface area contributed by atoms with Crippen LogP contribution in [0.3, 0.4) is 0 Å². The molecule has 5 aromatic carbocycles. The number of hydrogen-bond donors (Lipinski definition) is 1. The molecule has 38 heavy (non-hydrogen) atoms. The highest BCUT2D eigenvalue weighted by Crippen LogP contribution is 2.51. The minimum Gasteiger partial charge on any atom is -0.468 e. The Bertz CT molecular complexity index is 1530. The fraction of sp³-hybridized carbons (Fsp3) is 0.212. The largest absolute Gasteiger partial charge is 0.468 e. The summed E-state index contributed by atoms with van der Waals surface area (Å²) >= 11 is 7.04. The first kappa shape index (κ1) is 26.9. The Morgan fingerprint density at radius 2 is 1.34 bits per heavy atom. The number of nitrogens with zero attached hydrogens (tertiary/aromatic N) is 1. The van der Waals surface area contributed by atoms with Gasteiger partial charge in [-0.05, 0) is 91.1 Å². The van der Waals surface area contributed by atoms with Crippen LogP contribution in [0.5, 0.6) is 5.75 Å². The van der Waals surface area contributed by atoms with Crippen LogP contribution in [0.15, 0.2) is 109 Å². The van der Waals surface area contributed by atoms with Crippen LogP contribution >= 0.6 is 31.9 Å². The van der Waals surface area contributed by atoms with Gasteiger partial charge in [-0.2, -0.15) is 0 Å². The Labute approximate surface area is 241 Å². The first-order valence-electron chi connectivity index (χ1n) is 12.8. The second-order valence-corrected chi connectivity index (χ2v) is 12.8. The summed E-state index contributed by atoms with van der Waals surface area (Å²) in [6.45, 7) is 0.712. The van der Waals surface area contributed by atoms with Gasteiger partial charge in [-0.25, -0.2) is 0 Å². The van der Waals surface area contributed by atoms with E-state index in [0.29, 0.717) is 13.0 Å². The molecule has 2 atom stereocenters. The molecule has 5 heteroatoms. The van der Waals surface area contributed by atoms with E-state index >= 15 is 0 Å². The van der Waals surface area contributed by atoms with E-state index in [1.54, 1.807) is 0 Å². The zero-order chi connectivity index (χ0) is 26.7. The van der Waals surface area contributed by atoms with Gasteiger partial charge < -0.3 is 14.7 Å². The summed E-state index contributed by atoms with van der Waals surface area (Å²) in [6.07, 6.45) is 0.530. The molecule has 0 aliphatic carbocycles. The van der Waals surface area contributed by atoms with Crippen molar-refractivity contribution in [3.05, 3.63) is 126 Å². The lowest BCUT2D eigenvalue weighted by molar-refractivity contribution is 0.00563. The molecule has 0 fully saturated rings. The second-order valence-electron chi connectivity index (χ2n) is 9.92. The highest BCUT2D eigenvalue weighted by Gasteiger charge is 2.43. The van der Waals surface area contributed by atoms with Crippen LogP contribution in [0.1, 0.15) is 29.0 Å². The molecule has 0 bridgehead atoms. The van der Waals surface area contributed by atoms with Gasteiger partial charge in [0.2, 0.25) is 3.92 Å². The molecule has 0 radical (unpaired) electrons. The molecule has 3 nitrogen and oxygen atoms in total. The fourth-order valence-electron chi connectivity index (χ4n) is 5.53. The van der Waals surface area contributed by atoms with Crippen molar-refractivity contribution in [2.24, 2.45) is 0 Å². The van der Waals surface area contributed by atoms with Gasteiger partial charge in [0.05, 0.1) is 0 Å². The Morgan fingerprint density at radius 1 is 0.737 bits per heavy atom. The zero-order valence-corrected chi connectivity index (χ0v) is 24.7. The third kappa shape index (κ3) is 5.39. The third-order valence-corrected chi connectivity index (χ3v) is 7.62. The molecule has 0 saturated carbocycles. The van der Waals surface area contributed by atoms with Gasteiger partial charge in [0, 0.05) is 18.0 Å². The Kier molecular flexibility index (Phi) is 8.20. The first-order valence-corrected chi connectivity index (χ1v) is 14.6. The Morgan fingerprint density at radius 3 is 2.03 bits per heavy atom. The summed E-state index contributed by atoms with van der Waals surface area (Å²) in [6, 6.07) is 37.3. The summed E-state index contributed by atoms with van der Waals surface area (Å²) in [5.74, 6) is 0.314. The SMILES string of the molecule is CN(C)CCC(O)(c1cccc2ccccc12)C(c1ccccc1)c1c(OC(Br)Br)ccc2ccccc12. The quantitative estimate of drug-likeness (QED) is 0.166. The molecule has 0 amide bonds. The van der Waals surface area contributed by atoms with Gasteiger partial charge in [-0.3, -0.25) is 0 Å². The van der Waals surface area contributed by atoms with E-state index in [2.05, 4.69) is 91.4 Å². The average Bonchev–Trinajstić information content (AvgIpc) is 2.93. The van der Waals surface area contributed by atoms with Crippen molar-refractivity contribution < 1.29 is 9.84 Å². The van der Waals surface area contributed by atoms with E-state index in [-0.39, 0.29) is 3.92 Å². The lowest BCUT2D eigenvalue weighted by Gasteiger charge is -2.40. The number of alkyl halides is 2. The van der Waals surface area contributed by atoms with Gasteiger partial charge in [-0.1, -0.05) is 103 Å². The van der Waals surface area contributed by atoms with Gasteiger partial charge in [0.1, 0.15) is 11.4 Å². The Balaban J connectivity index is 1.88. The summed E-state index contributed by atoms with van der Waals surface area (Å²) in [7, 11) is 4.10. The normalized spacial score (nSPS) is 14.2. The van der Waals surface area contributed by atoms with Gasteiger partial charge in [-0.15, -0.1) is 0 Å². The summed E-state index contributed by atoms with van der Waals surface area (Å²) in [5.41, 5.74) is 1.67. The van der Waals surface area contributed by atoms with Crippen LogP contribution in [0.25, 0.3) is 21.5 Å². The van der Waals surface area contributed by atoms with E-state index in [1.165, 1.54) is 0 Å². The third-order valence-electron chi connectivity index (χ3n) is 7.24. The van der Waals surface area contributed by atoms with E-state index in [1.807, 2.05) is 68.7 Å². The molecule has 0 aliphatic heterocycles. The monoisotopic (exact) mass is 631 g/mol. The molecular formula is C33H31Br2NO2. The topological polar surface area (TPSA) is 32.7 Å². The number of fused-ring (bicyclic) bond motifs is 2. The predicted molar refractivity (Wildman–Crippen MR) is 166 cm³/mol. The summed E-state index contributed by atoms with van der Waals surface area (Å²) < 4.78 is 5.94. The van der Waals surface area contributed by atoms with Crippen molar-refractivity contribution in [3.8, 4) is 5.75 Å². The summed E-state index contributed by atoms with van der Waals surface area (Å²) in [4.78, 5) is 2.13. The number of hydrogen-bond acceptors (Lipinski definition) is 3. The molecule has 0 aliphatic rings. The number of aliphatic hydroxyl groups is 1. The molecule has 194 valence electrons. The molecule has 0 saturated heterocycles. The average molecular weight is 633 g/mol. The maximum atomic E-state index is 13.2. The lowest BCUT2D eigenvalue weighted by Crippen LogP contribution is -2.38. The van der Waals surface area contributed by atoms with Crippen LogP contribution in [0, 0.1) is 0 Å². The standard InChI is InChI=1S/C33H31Br2NO2/c1-36(2)22-21-33(37,28-18-10-15-23-11-6-8-16-26(23)28)31(25-13-4-3-5-14-25)30-27-17-9-7-12-24(27)19-20-29(30)38-32(34)35/h3-20,31-32,37H,21-22H2,1-2H3. The second kappa shape index (κ2) is 11.6. The molecule has 0 heterocycles. The van der Waals surface area contributed by atoms with E-state index in [0.717, 1.165) is 44.0 Å². The van der Waals surface area contributed by atoms with Crippen LogP contribution in [0.2, 0.25) is 0 Å². The smallest absolute Gasteiger partial charge is 0.207 e. The summed E-state index contributed by atoms with van der Waals surface area (Å²) in [5, 5.41) is 17.5. The molecule has 1 N–H and O–H groups in total. The molecule has 2 unspecified atom stereocenters. The van der Waals surface area contributed by atoms with Crippen molar-refractivity contribution in [3.63, 3.8) is 0 Å². The molecular weight excluding hydrogens is 602 g/mol. The van der Waals surface area contributed by atoms with Gasteiger partial charge in [0.25, 0.3) is 0 Å². The van der Waals surface area contributed by atoms with Crippen molar-refractivity contribution in [1.82, 2.24) is 4.90 Å². The van der Waals surface area contributed by atoms with Crippen LogP contribution in [-0.4, -0.2) is 34.6 Å². The molecule has 0 aromatic heterocycles. The van der Waals surface area contributed by atoms with E-state index < -0.39 is 11.5 Å². The maximum absolute atomic E-state index is 13.2. The van der Waals surface area contributed by atoms with Gasteiger partial charge in [0.15, 0.2) is 0 Å². The molecule has 0 spiro atoms. The van der Waals surface area contributed by atoms with Crippen molar-refractivity contribution >= 4 is 53.4 Å². The van der Waals surface area contributed by atoms with Crippen LogP contribution in [-0.2, 0) is 5.60 Å². The first-order chi connectivity index (χ1) is 18.4. The number of ether oxygens (including phenoxy) is 1. The van der Waals surface area contributed by atoms with Crippen molar-refractivity contribution in [2.45, 2.75) is 21.9 Å². The lowest BCUT2D eigenvalue weighted by atomic mass is 9.69. The number of rotatable bonds is 9. The minimum absolute atomic E-state index is 0.376. The van der Waals surface area contributed by atoms with Crippen molar-refractivity contribution in [1.29, 1.82) is 0 Å². The highest BCUT2D eigenvalue weighted by molar-refractivity contribution is 9.24. The zero-order valence-electron chi connectivity index (χ0n) is 21.5. The number of halogens is 2. The minimum atomic E-state index is -1.25. The maximum Gasteiger partial charge on any atom is 0.207 e. The number of benzene rings is 5. The van der Waals surface area contributed by atoms with Crippen molar-refractivity contribution in [2.75, 3.05) is 20.6 Å². The highest BCUT2D eigenvalue weighted by atomic mass is 79.9. The fourth-order valence-corrected chi connectivity index (χ4v) is 5.93.